The molecule has 1 aromatic heterocycles. The molecule has 1 rings (SSSR count). The van der Waals surface area contributed by atoms with Gasteiger partial charge in [-0.3, -0.25) is 0 Å². The van der Waals surface area contributed by atoms with Gasteiger partial charge in [0.1, 0.15) is 15.7 Å². The van der Waals surface area contributed by atoms with Gasteiger partial charge in [-0.1, -0.05) is 6.07 Å². The van der Waals surface area contributed by atoms with Crippen molar-refractivity contribution in [3.8, 4) is 0 Å². The smallest absolute Gasteiger partial charge is 0.147 e. The third kappa shape index (κ3) is 5.37. The maximum Gasteiger partial charge on any atom is 0.147 e. The highest BCUT2D eigenvalue weighted by Gasteiger charge is 2.00. The lowest BCUT2D eigenvalue weighted by Crippen LogP contribution is -2.10. The summed E-state index contributed by atoms with van der Waals surface area (Å²) < 4.78 is 21.7. The van der Waals surface area contributed by atoms with Crippen molar-refractivity contribution >= 4 is 15.7 Å². The van der Waals surface area contributed by atoms with Gasteiger partial charge in [0, 0.05) is 19.0 Å². The first-order valence-corrected chi connectivity index (χ1v) is 6.88. The second-order valence-electron chi connectivity index (χ2n) is 3.63. The van der Waals surface area contributed by atoms with Crippen molar-refractivity contribution in [3.63, 3.8) is 0 Å². The van der Waals surface area contributed by atoms with E-state index in [9.17, 15) is 8.42 Å². The zero-order chi connectivity index (χ0) is 11.3. The highest BCUT2D eigenvalue weighted by molar-refractivity contribution is 7.90. The number of hydrogen-bond acceptors (Lipinski definition) is 4. The number of hydrogen-bond donors (Lipinski definition) is 1. The largest absolute Gasteiger partial charge is 0.370 e. The average molecular weight is 228 g/mol. The Labute approximate surface area is 90.7 Å². The Morgan fingerprint density at radius 2 is 2.13 bits per heavy atom. The average Bonchev–Trinajstić information content (AvgIpc) is 2.14. The summed E-state index contributed by atoms with van der Waals surface area (Å²) in [6, 6.07) is 3.85. The molecule has 0 saturated heterocycles. The van der Waals surface area contributed by atoms with E-state index in [1.165, 1.54) is 6.26 Å². The van der Waals surface area contributed by atoms with E-state index in [1.54, 1.807) is 6.20 Å². The van der Waals surface area contributed by atoms with E-state index < -0.39 is 9.84 Å². The molecule has 0 amide bonds. The standard InChI is InChI=1S/C10H16N2O2S/c1-9-4-5-10(12-8-9)11-6-3-7-15(2,13)14/h4-5,8H,3,6-7H2,1-2H3,(H,11,12). The maximum absolute atomic E-state index is 10.8. The molecule has 0 aliphatic heterocycles. The minimum absolute atomic E-state index is 0.214. The molecular formula is C10H16N2O2S. The van der Waals surface area contributed by atoms with Crippen molar-refractivity contribution in [2.24, 2.45) is 0 Å². The number of sulfone groups is 1. The molecule has 15 heavy (non-hydrogen) atoms. The van der Waals surface area contributed by atoms with Gasteiger partial charge >= 0.3 is 0 Å². The van der Waals surface area contributed by atoms with Crippen molar-refractivity contribution in [2.45, 2.75) is 13.3 Å². The number of aromatic nitrogens is 1. The van der Waals surface area contributed by atoms with Crippen LogP contribution < -0.4 is 5.32 Å². The van der Waals surface area contributed by atoms with Gasteiger partial charge in [0.05, 0.1) is 5.75 Å². The third-order valence-corrected chi connectivity index (χ3v) is 2.94. The molecular weight excluding hydrogens is 212 g/mol. The molecule has 1 heterocycles. The van der Waals surface area contributed by atoms with Crippen LogP contribution in [0.15, 0.2) is 18.3 Å². The summed E-state index contributed by atoms with van der Waals surface area (Å²) in [7, 11) is -2.85. The fourth-order valence-corrected chi connectivity index (χ4v) is 1.79. The lowest BCUT2D eigenvalue weighted by molar-refractivity contribution is 0.600. The van der Waals surface area contributed by atoms with Crippen LogP contribution in [0.5, 0.6) is 0 Å². The number of anilines is 1. The Balaban J connectivity index is 2.29. The van der Waals surface area contributed by atoms with Crippen molar-refractivity contribution < 1.29 is 8.42 Å². The zero-order valence-electron chi connectivity index (χ0n) is 9.03. The lowest BCUT2D eigenvalue weighted by Gasteiger charge is -2.04. The summed E-state index contributed by atoms with van der Waals surface area (Å²) in [6.07, 6.45) is 3.63. The number of rotatable bonds is 5. The van der Waals surface area contributed by atoms with E-state index in [-0.39, 0.29) is 5.75 Å². The Bertz CT molecular complexity index is 398. The fraction of sp³-hybridized carbons (Fsp3) is 0.500. The van der Waals surface area contributed by atoms with Gasteiger partial charge in [-0.25, -0.2) is 13.4 Å². The molecule has 84 valence electrons. The molecule has 0 atom stereocenters. The Morgan fingerprint density at radius 3 is 2.67 bits per heavy atom. The predicted octanol–water partition coefficient (Wildman–Crippen LogP) is 1.24. The van der Waals surface area contributed by atoms with E-state index in [1.807, 2.05) is 19.1 Å². The van der Waals surface area contributed by atoms with Crippen LogP contribution in [0.25, 0.3) is 0 Å². The van der Waals surface area contributed by atoms with Crippen molar-refractivity contribution in [3.05, 3.63) is 23.9 Å². The molecule has 0 spiro atoms. The lowest BCUT2D eigenvalue weighted by atomic mass is 10.3. The number of pyridine rings is 1. The van der Waals surface area contributed by atoms with Gasteiger partial charge in [-0.05, 0) is 25.0 Å². The second-order valence-corrected chi connectivity index (χ2v) is 5.89. The second kappa shape index (κ2) is 5.11. The van der Waals surface area contributed by atoms with Crippen LogP contribution in [0.1, 0.15) is 12.0 Å². The van der Waals surface area contributed by atoms with Crippen molar-refractivity contribution in [1.29, 1.82) is 0 Å². The third-order valence-electron chi connectivity index (χ3n) is 1.91. The quantitative estimate of drug-likeness (QED) is 0.770. The van der Waals surface area contributed by atoms with E-state index in [0.29, 0.717) is 13.0 Å². The topological polar surface area (TPSA) is 59.1 Å². The predicted molar refractivity (Wildman–Crippen MR) is 61.8 cm³/mol. The number of aryl methyl sites for hydroxylation is 1. The first-order valence-electron chi connectivity index (χ1n) is 4.81. The minimum Gasteiger partial charge on any atom is -0.370 e. The minimum atomic E-state index is -2.85. The first-order chi connectivity index (χ1) is 6.97. The summed E-state index contributed by atoms with van der Waals surface area (Å²) in [4.78, 5) is 4.15. The van der Waals surface area contributed by atoms with E-state index in [4.69, 9.17) is 0 Å². The molecule has 0 radical (unpaired) electrons. The SMILES string of the molecule is Cc1ccc(NCCCS(C)(=O)=O)nc1. The first kappa shape index (κ1) is 12.0. The van der Waals surface area contributed by atoms with Gasteiger partial charge in [0.2, 0.25) is 0 Å². The molecule has 0 aliphatic rings. The van der Waals surface area contributed by atoms with E-state index in [0.717, 1.165) is 11.4 Å². The molecule has 0 aliphatic carbocycles. The Kier molecular flexibility index (Phi) is 4.08. The van der Waals surface area contributed by atoms with Crippen LogP contribution >= 0.6 is 0 Å². The van der Waals surface area contributed by atoms with Crippen LogP contribution in [0.3, 0.4) is 0 Å². The van der Waals surface area contributed by atoms with Gasteiger partial charge in [-0.2, -0.15) is 0 Å². The molecule has 1 aromatic rings. The van der Waals surface area contributed by atoms with Crippen LogP contribution in [-0.4, -0.2) is 32.0 Å². The van der Waals surface area contributed by atoms with E-state index >= 15 is 0 Å². The van der Waals surface area contributed by atoms with Crippen molar-refractivity contribution in [2.75, 3.05) is 23.9 Å². The molecule has 0 aromatic carbocycles. The highest BCUT2D eigenvalue weighted by Crippen LogP contribution is 2.03. The molecule has 4 nitrogen and oxygen atoms in total. The molecule has 0 fully saturated rings. The van der Waals surface area contributed by atoms with Crippen LogP contribution in [0.4, 0.5) is 5.82 Å². The molecule has 1 N–H and O–H groups in total. The van der Waals surface area contributed by atoms with Crippen LogP contribution in [0.2, 0.25) is 0 Å². The zero-order valence-corrected chi connectivity index (χ0v) is 9.84. The molecule has 0 unspecified atom stereocenters. The van der Waals surface area contributed by atoms with Gasteiger partial charge in [-0.15, -0.1) is 0 Å². The monoisotopic (exact) mass is 228 g/mol. The maximum atomic E-state index is 10.8. The van der Waals surface area contributed by atoms with E-state index in [2.05, 4.69) is 10.3 Å². The van der Waals surface area contributed by atoms with Gasteiger partial charge in [0.25, 0.3) is 0 Å². The normalized spacial score (nSPS) is 11.3. The molecule has 0 saturated carbocycles. The summed E-state index contributed by atoms with van der Waals surface area (Å²) in [5.74, 6) is 1.00. The fourth-order valence-electron chi connectivity index (χ4n) is 1.12. The van der Waals surface area contributed by atoms with Crippen LogP contribution in [-0.2, 0) is 9.84 Å². The highest BCUT2D eigenvalue weighted by atomic mass is 32.2. The molecule has 5 heteroatoms. The number of nitrogens with zero attached hydrogens (tertiary/aromatic N) is 1. The summed E-state index contributed by atoms with van der Waals surface area (Å²) in [6.45, 7) is 2.60. The van der Waals surface area contributed by atoms with Gasteiger partial charge < -0.3 is 5.32 Å². The van der Waals surface area contributed by atoms with Gasteiger partial charge in [0.15, 0.2) is 0 Å². The Morgan fingerprint density at radius 1 is 1.40 bits per heavy atom. The number of nitrogens with one attached hydrogen (secondary N) is 1. The summed E-state index contributed by atoms with van der Waals surface area (Å²) in [5, 5.41) is 3.07. The Hall–Kier alpha value is -1.10. The van der Waals surface area contributed by atoms with Crippen LogP contribution in [0, 0.1) is 6.92 Å². The molecule has 0 bridgehead atoms. The van der Waals surface area contributed by atoms with Crippen molar-refractivity contribution in [1.82, 2.24) is 4.98 Å². The summed E-state index contributed by atoms with van der Waals surface area (Å²) >= 11 is 0. The summed E-state index contributed by atoms with van der Waals surface area (Å²) in [5.41, 5.74) is 1.11.